The topological polar surface area (TPSA) is 115 Å². The normalized spacial score (nSPS) is 19.1. The number of aromatic nitrogens is 7. The van der Waals surface area contributed by atoms with Gasteiger partial charge in [0.15, 0.2) is 5.82 Å². The minimum absolute atomic E-state index is 0.0711. The lowest BCUT2D eigenvalue weighted by molar-refractivity contribution is -0.129. The van der Waals surface area contributed by atoms with E-state index in [1.165, 1.54) is 35.4 Å². The maximum Gasteiger partial charge on any atom is 0.388 e. The van der Waals surface area contributed by atoms with Crippen LogP contribution in [0, 0.1) is 5.82 Å². The first-order chi connectivity index (χ1) is 18.4. The van der Waals surface area contributed by atoms with Gasteiger partial charge in [-0.25, -0.2) is 14.4 Å². The quantitative estimate of drug-likeness (QED) is 0.385. The van der Waals surface area contributed by atoms with Crippen LogP contribution in [0.2, 0.25) is 5.02 Å². The second-order valence-corrected chi connectivity index (χ2v) is 9.22. The van der Waals surface area contributed by atoms with E-state index in [2.05, 4.69) is 35.2 Å². The number of alkyl halides is 2. The molecule has 3 aromatic heterocycles. The number of tetrazole rings is 1. The van der Waals surface area contributed by atoms with Gasteiger partial charge < -0.3 is 14.6 Å². The van der Waals surface area contributed by atoms with E-state index in [4.69, 9.17) is 11.6 Å². The van der Waals surface area contributed by atoms with Crippen molar-refractivity contribution < 1.29 is 22.7 Å². The number of ether oxygens (including phenoxy) is 1. The Labute approximate surface area is 218 Å². The molecule has 6 rings (SSSR count). The zero-order valence-corrected chi connectivity index (χ0v) is 20.2. The van der Waals surface area contributed by atoms with Crippen LogP contribution in [0.5, 0.6) is 5.88 Å². The molecule has 4 aromatic rings. The Kier molecular flexibility index (Phi) is 6.06. The smallest absolute Gasteiger partial charge is 0.388 e. The van der Waals surface area contributed by atoms with Crippen LogP contribution in [0.15, 0.2) is 49.1 Å². The molecule has 14 heteroatoms. The van der Waals surface area contributed by atoms with Crippen LogP contribution in [-0.4, -0.2) is 58.6 Å². The number of benzene rings is 1. The Bertz CT molecular complexity index is 1540. The second-order valence-electron chi connectivity index (χ2n) is 8.81. The summed E-state index contributed by atoms with van der Waals surface area (Å²) < 4.78 is 46.1. The molecule has 0 spiro atoms. The average molecular weight is 543 g/mol. The minimum atomic E-state index is -2.99. The fourth-order valence-electron chi connectivity index (χ4n) is 5.08. The summed E-state index contributed by atoms with van der Waals surface area (Å²) in [6, 6.07) is 5.49. The molecule has 1 fully saturated rings. The highest BCUT2D eigenvalue weighted by atomic mass is 35.5. The summed E-state index contributed by atoms with van der Waals surface area (Å²) >= 11 is 6.08. The highest BCUT2D eigenvalue weighted by Gasteiger charge is 2.42. The van der Waals surface area contributed by atoms with Gasteiger partial charge in [-0.3, -0.25) is 4.79 Å². The van der Waals surface area contributed by atoms with Gasteiger partial charge in [-0.05, 0) is 53.5 Å². The summed E-state index contributed by atoms with van der Waals surface area (Å²) in [7, 11) is 0. The first kappa shape index (κ1) is 24.1. The summed E-state index contributed by atoms with van der Waals surface area (Å²) in [6.07, 6.45) is 7.46. The number of halogens is 4. The van der Waals surface area contributed by atoms with E-state index in [0.717, 1.165) is 0 Å². The van der Waals surface area contributed by atoms with Gasteiger partial charge in [-0.2, -0.15) is 13.5 Å². The lowest BCUT2D eigenvalue weighted by atomic mass is 9.92. The summed E-state index contributed by atoms with van der Waals surface area (Å²) in [6.45, 7) is -2.99. The predicted molar refractivity (Wildman–Crippen MR) is 128 cm³/mol. The van der Waals surface area contributed by atoms with Crippen molar-refractivity contribution in [2.75, 3.05) is 0 Å². The van der Waals surface area contributed by atoms with Crippen molar-refractivity contribution >= 4 is 23.1 Å². The standard InChI is InChI=1S/C24H18ClF3N8O2/c25-15-2-4-17(35-11-31-33-34-35)21(22(15)26)13-7-14-1-3-18(36(14)20(37)9-13)23-30-10-16(32-23)12-5-6-29-19(8-12)38-24(27)28/h2,4-6,8-11,14,18,24H,1,3,7H2,(H,30,32). The molecule has 2 atom stereocenters. The summed E-state index contributed by atoms with van der Waals surface area (Å²) in [5.41, 5.74) is 2.10. The van der Waals surface area contributed by atoms with Crippen LogP contribution in [0.1, 0.15) is 36.7 Å². The highest BCUT2D eigenvalue weighted by Crippen LogP contribution is 2.44. The average Bonchev–Trinajstić information content (AvgIpc) is 3.66. The maximum atomic E-state index is 15.3. The second kappa shape index (κ2) is 9.56. The number of amides is 1. The number of pyridine rings is 1. The van der Waals surface area contributed by atoms with Crippen molar-refractivity contribution in [3.8, 4) is 22.8 Å². The molecule has 10 nitrogen and oxygen atoms in total. The fraction of sp³-hybridized carbons (Fsp3) is 0.250. The molecule has 2 aliphatic rings. The van der Waals surface area contributed by atoms with Crippen LogP contribution in [0.4, 0.5) is 13.2 Å². The van der Waals surface area contributed by atoms with E-state index in [9.17, 15) is 13.6 Å². The van der Waals surface area contributed by atoms with Gasteiger partial charge in [0, 0.05) is 41.7 Å². The molecule has 1 amide bonds. The molecule has 1 aromatic carbocycles. The number of imidazole rings is 1. The van der Waals surface area contributed by atoms with Crippen molar-refractivity contribution in [3.05, 3.63) is 71.3 Å². The van der Waals surface area contributed by atoms with E-state index < -0.39 is 12.4 Å². The number of fused-ring (bicyclic) bond motifs is 1. The van der Waals surface area contributed by atoms with Gasteiger partial charge >= 0.3 is 6.61 Å². The van der Waals surface area contributed by atoms with Gasteiger partial charge in [0.1, 0.15) is 12.2 Å². The number of carbonyl (C=O) groups excluding carboxylic acids is 1. The largest absolute Gasteiger partial charge is 0.417 e. The first-order valence-corrected chi connectivity index (χ1v) is 12.0. The van der Waals surface area contributed by atoms with Crippen molar-refractivity contribution in [1.29, 1.82) is 0 Å². The van der Waals surface area contributed by atoms with Gasteiger partial charge in [0.05, 0.1) is 22.4 Å². The summed E-state index contributed by atoms with van der Waals surface area (Å²) in [5, 5.41) is 11.0. The number of hydrogen-bond acceptors (Lipinski definition) is 7. The van der Waals surface area contributed by atoms with Crippen LogP contribution < -0.4 is 4.74 Å². The molecular weight excluding hydrogens is 525 g/mol. The van der Waals surface area contributed by atoms with Crippen molar-refractivity contribution in [1.82, 2.24) is 40.1 Å². The molecule has 0 bridgehead atoms. The summed E-state index contributed by atoms with van der Waals surface area (Å²) in [5.74, 6) is -0.592. The van der Waals surface area contributed by atoms with E-state index in [1.807, 2.05) is 0 Å². The molecule has 38 heavy (non-hydrogen) atoms. The number of carbonyl (C=O) groups is 1. The summed E-state index contributed by atoms with van der Waals surface area (Å²) in [4.78, 5) is 26.6. The number of nitrogens with one attached hydrogen (secondary N) is 1. The Morgan fingerprint density at radius 3 is 2.87 bits per heavy atom. The first-order valence-electron chi connectivity index (χ1n) is 11.6. The number of nitrogens with zero attached hydrogens (tertiary/aromatic N) is 7. The molecule has 1 N–H and O–H groups in total. The molecular formula is C24H18ClF3N8O2. The number of hydrogen-bond donors (Lipinski definition) is 1. The van der Waals surface area contributed by atoms with Crippen LogP contribution in [0.3, 0.4) is 0 Å². The minimum Gasteiger partial charge on any atom is -0.417 e. The molecule has 194 valence electrons. The third-order valence-corrected chi connectivity index (χ3v) is 6.95. The lowest BCUT2D eigenvalue weighted by Crippen LogP contribution is -2.39. The van der Waals surface area contributed by atoms with Crippen LogP contribution in [0.25, 0.3) is 22.5 Å². The van der Waals surface area contributed by atoms with E-state index in [0.29, 0.717) is 47.6 Å². The van der Waals surface area contributed by atoms with Crippen molar-refractivity contribution in [2.24, 2.45) is 0 Å². The molecule has 2 unspecified atom stereocenters. The lowest BCUT2D eigenvalue weighted by Gasteiger charge is -2.33. The van der Waals surface area contributed by atoms with Crippen LogP contribution >= 0.6 is 11.6 Å². The fourth-order valence-corrected chi connectivity index (χ4v) is 5.24. The van der Waals surface area contributed by atoms with Gasteiger partial charge in [-0.1, -0.05) is 11.6 Å². The van der Waals surface area contributed by atoms with E-state index in [-0.39, 0.29) is 34.5 Å². The van der Waals surface area contributed by atoms with Crippen LogP contribution in [-0.2, 0) is 4.79 Å². The third-order valence-electron chi connectivity index (χ3n) is 6.65. The van der Waals surface area contributed by atoms with Gasteiger partial charge in [-0.15, -0.1) is 5.10 Å². The predicted octanol–water partition coefficient (Wildman–Crippen LogP) is 4.36. The Morgan fingerprint density at radius 2 is 2.08 bits per heavy atom. The Balaban J connectivity index is 1.29. The maximum absolute atomic E-state index is 15.3. The number of aromatic amines is 1. The highest BCUT2D eigenvalue weighted by molar-refractivity contribution is 6.31. The van der Waals surface area contributed by atoms with E-state index >= 15 is 4.39 Å². The third kappa shape index (κ3) is 4.28. The SMILES string of the molecule is O=C1C=C(c2c(-n3cnnn3)ccc(Cl)c2F)CC2CCC(c3nc(-c4ccnc(OC(F)F)c4)c[nH]3)N12. The number of H-pyrrole nitrogens is 1. The van der Waals surface area contributed by atoms with Crippen molar-refractivity contribution in [3.63, 3.8) is 0 Å². The Morgan fingerprint density at radius 1 is 1.21 bits per heavy atom. The Hall–Kier alpha value is -4.26. The zero-order chi connectivity index (χ0) is 26.4. The van der Waals surface area contributed by atoms with E-state index in [1.54, 1.807) is 23.2 Å². The molecule has 2 aliphatic heterocycles. The van der Waals surface area contributed by atoms with Crippen molar-refractivity contribution in [2.45, 2.75) is 38.0 Å². The molecule has 0 aliphatic carbocycles. The van der Waals surface area contributed by atoms with Gasteiger partial charge in [0.2, 0.25) is 11.8 Å². The molecule has 0 saturated carbocycles. The molecule has 5 heterocycles. The molecule has 0 radical (unpaired) electrons. The molecule has 1 saturated heterocycles. The number of rotatable bonds is 6. The van der Waals surface area contributed by atoms with Gasteiger partial charge in [0.25, 0.3) is 0 Å². The zero-order valence-electron chi connectivity index (χ0n) is 19.4. The monoisotopic (exact) mass is 542 g/mol.